The molecule has 0 radical (unpaired) electrons. The number of likely N-dealkylation sites (tertiary alicyclic amines) is 1. The number of nitrogen functional groups attached to an aromatic ring is 1. The molecule has 2 aliphatic heterocycles. The Morgan fingerprint density at radius 3 is 2.56 bits per heavy atom. The van der Waals surface area contributed by atoms with Gasteiger partial charge in [0.15, 0.2) is 0 Å². The molecular weight excluding hydrogens is 452 g/mol. The number of hydrogen-bond acceptors (Lipinski definition) is 6. The van der Waals surface area contributed by atoms with Crippen LogP contribution in [0.3, 0.4) is 0 Å². The fraction of sp³-hybridized carbons (Fsp3) is 0.586. The van der Waals surface area contributed by atoms with Gasteiger partial charge in [-0.15, -0.1) is 0 Å². The van der Waals surface area contributed by atoms with Crippen LogP contribution in [0.2, 0.25) is 0 Å². The van der Waals surface area contributed by atoms with Crippen LogP contribution >= 0.6 is 0 Å². The van der Waals surface area contributed by atoms with E-state index in [1.807, 2.05) is 6.07 Å². The molecule has 2 aromatic rings. The largest absolute Gasteiger partial charge is 0.396 e. The first-order chi connectivity index (χ1) is 17.4. The van der Waals surface area contributed by atoms with Crippen molar-refractivity contribution in [1.82, 2.24) is 15.2 Å². The van der Waals surface area contributed by atoms with E-state index in [0.29, 0.717) is 11.6 Å². The van der Waals surface area contributed by atoms with Crippen molar-refractivity contribution >= 4 is 11.7 Å². The summed E-state index contributed by atoms with van der Waals surface area (Å²) in [4.78, 5) is 20.1. The molecule has 190 valence electrons. The lowest BCUT2D eigenvalue weighted by molar-refractivity contribution is -0.172. The number of nitrogens with two attached hydrogens (primary N) is 1. The predicted molar refractivity (Wildman–Crippen MR) is 137 cm³/mol. The molecule has 0 spiro atoms. The van der Waals surface area contributed by atoms with Gasteiger partial charge in [0.2, 0.25) is 0 Å². The summed E-state index contributed by atoms with van der Waals surface area (Å²) in [5.74, 6) is 0.841. The van der Waals surface area contributed by atoms with E-state index in [4.69, 9.17) is 10.5 Å². The summed E-state index contributed by atoms with van der Waals surface area (Å²) in [6.07, 6.45) is 9.22. The Labute approximate surface area is 212 Å². The Bertz CT molecular complexity index is 1170. The van der Waals surface area contributed by atoms with Crippen molar-refractivity contribution in [2.24, 2.45) is 11.3 Å². The van der Waals surface area contributed by atoms with Crippen LogP contribution in [0, 0.1) is 11.3 Å². The number of anilines is 1. The Kier molecular flexibility index (Phi) is 5.05. The second-order valence-electron chi connectivity index (χ2n) is 12.3. The van der Waals surface area contributed by atoms with E-state index >= 15 is 0 Å². The van der Waals surface area contributed by atoms with Crippen molar-refractivity contribution in [3.63, 3.8) is 0 Å². The molecule has 2 saturated heterocycles. The highest BCUT2D eigenvalue weighted by molar-refractivity contribution is 6.00. The molecule has 1 aromatic heterocycles. The lowest BCUT2D eigenvalue weighted by Gasteiger charge is -2.70. The number of rotatable bonds is 6. The number of carbonyl (C=O) groups excluding carboxylic acids is 1. The molecule has 4 aliphatic carbocycles. The topological polar surface area (TPSA) is 101 Å². The number of benzene rings is 1. The van der Waals surface area contributed by atoms with E-state index in [0.717, 1.165) is 68.9 Å². The molecule has 7 nitrogen and oxygen atoms in total. The summed E-state index contributed by atoms with van der Waals surface area (Å²) in [6, 6.07) is 11.5. The van der Waals surface area contributed by atoms with Crippen molar-refractivity contribution < 1.29 is 14.6 Å². The third-order valence-corrected chi connectivity index (χ3v) is 10.2. The first-order valence-electron chi connectivity index (χ1n) is 13.5. The number of aliphatic hydroxyl groups excluding tert-OH is 1. The minimum Gasteiger partial charge on any atom is -0.396 e. The molecule has 2 atom stereocenters. The summed E-state index contributed by atoms with van der Waals surface area (Å²) >= 11 is 0. The number of ether oxygens (including phenoxy) is 1. The fourth-order valence-electron chi connectivity index (χ4n) is 8.10. The molecule has 6 aliphatic rings. The van der Waals surface area contributed by atoms with Crippen LogP contribution in [0.25, 0.3) is 11.1 Å². The summed E-state index contributed by atoms with van der Waals surface area (Å²) in [5, 5.41) is 12.7. The van der Waals surface area contributed by atoms with E-state index in [1.54, 1.807) is 6.20 Å². The Balaban J connectivity index is 1.07. The number of aliphatic hydroxyl groups is 1. The highest BCUT2D eigenvalue weighted by Gasteiger charge is 2.68. The maximum absolute atomic E-state index is 13.0. The SMILES string of the molecule is Nc1ncc(-c2ccc([C@@]34CC[C@@H]3CN(C3CCOCC3)C4)cc2)cc1C(=O)NC12CC(CO)(C1)C2. The fourth-order valence-corrected chi connectivity index (χ4v) is 8.10. The second-order valence-corrected chi connectivity index (χ2v) is 12.3. The zero-order valence-electron chi connectivity index (χ0n) is 20.8. The van der Waals surface area contributed by atoms with Crippen LogP contribution in [-0.2, 0) is 10.2 Å². The van der Waals surface area contributed by atoms with Crippen molar-refractivity contribution in [2.75, 3.05) is 38.6 Å². The minimum absolute atomic E-state index is 0.0424. The molecule has 7 heteroatoms. The molecule has 6 fully saturated rings. The molecular formula is C29H36N4O3. The normalized spacial score (nSPS) is 35.3. The molecule has 0 unspecified atom stereocenters. The molecule has 8 rings (SSSR count). The van der Waals surface area contributed by atoms with Crippen LogP contribution in [0.5, 0.6) is 0 Å². The van der Waals surface area contributed by atoms with Gasteiger partial charge in [0.25, 0.3) is 5.91 Å². The monoisotopic (exact) mass is 488 g/mol. The van der Waals surface area contributed by atoms with Gasteiger partial charge in [0.1, 0.15) is 5.82 Å². The number of hydrogen-bond donors (Lipinski definition) is 3. The number of nitrogens with zero attached hydrogens (tertiary/aromatic N) is 2. The van der Waals surface area contributed by atoms with Gasteiger partial charge in [0.05, 0.1) is 5.56 Å². The van der Waals surface area contributed by atoms with Crippen molar-refractivity contribution in [1.29, 1.82) is 0 Å². The van der Waals surface area contributed by atoms with Crippen LogP contribution in [0.1, 0.15) is 60.9 Å². The lowest BCUT2D eigenvalue weighted by Crippen LogP contribution is -2.75. The average molecular weight is 489 g/mol. The molecule has 3 heterocycles. The molecule has 36 heavy (non-hydrogen) atoms. The highest BCUT2D eigenvalue weighted by atomic mass is 16.5. The van der Waals surface area contributed by atoms with Crippen molar-refractivity contribution in [2.45, 2.75) is 61.9 Å². The van der Waals surface area contributed by atoms with Crippen LogP contribution in [0.15, 0.2) is 36.5 Å². The van der Waals surface area contributed by atoms with Gasteiger partial charge in [-0.25, -0.2) is 4.98 Å². The summed E-state index contributed by atoms with van der Waals surface area (Å²) in [5.41, 5.74) is 10.1. The van der Waals surface area contributed by atoms with Crippen molar-refractivity contribution in [3.05, 3.63) is 47.7 Å². The quantitative estimate of drug-likeness (QED) is 0.578. The van der Waals surface area contributed by atoms with Crippen LogP contribution in [0.4, 0.5) is 5.82 Å². The Morgan fingerprint density at radius 2 is 1.89 bits per heavy atom. The number of pyridine rings is 1. The minimum atomic E-state index is -0.167. The first kappa shape index (κ1) is 22.7. The lowest BCUT2D eigenvalue weighted by atomic mass is 9.39. The second kappa shape index (κ2) is 8.01. The zero-order chi connectivity index (χ0) is 24.5. The number of nitrogens with one attached hydrogen (secondary N) is 1. The predicted octanol–water partition coefficient (Wildman–Crippen LogP) is 3.12. The number of aromatic nitrogens is 1. The summed E-state index contributed by atoms with van der Waals surface area (Å²) in [7, 11) is 0. The van der Waals surface area contributed by atoms with E-state index in [1.165, 1.54) is 24.9 Å². The van der Waals surface area contributed by atoms with E-state index in [-0.39, 0.29) is 34.7 Å². The van der Waals surface area contributed by atoms with Crippen LogP contribution < -0.4 is 11.1 Å². The van der Waals surface area contributed by atoms with Crippen molar-refractivity contribution in [3.8, 4) is 11.1 Å². The Hall–Kier alpha value is -2.48. The third-order valence-electron chi connectivity index (χ3n) is 10.2. The third kappa shape index (κ3) is 3.36. The van der Waals surface area contributed by atoms with Gasteiger partial charge in [-0.3, -0.25) is 9.69 Å². The number of carbonyl (C=O) groups is 1. The van der Waals surface area contributed by atoms with Gasteiger partial charge < -0.3 is 20.9 Å². The highest BCUT2D eigenvalue weighted by Crippen LogP contribution is 2.66. The van der Waals surface area contributed by atoms with E-state index in [2.05, 4.69) is 39.5 Å². The molecule has 2 bridgehead atoms. The summed E-state index contributed by atoms with van der Waals surface area (Å²) < 4.78 is 5.59. The van der Waals surface area contributed by atoms with E-state index < -0.39 is 0 Å². The maximum Gasteiger partial charge on any atom is 0.255 e. The smallest absolute Gasteiger partial charge is 0.255 e. The maximum atomic E-state index is 13.0. The van der Waals surface area contributed by atoms with Gasteiger partial charge in [-0.1, -0.05) is 24.3 Å². The molecule has 4 saturated carbocycles. The van der Waals surface area contributed by atoms with E-state index in [9.17, 15) is 9.90 Å². The van der Waals surface area contributed by atoms with Crippen LogP contribution in [-0.4, -0.2) is 65.4 Å². The number of fused-ring (bicyclic) bond motifs is 1. The standard InChI is InChI=1S/C29H36N4O3/c30-25-24(26(35)32-28-14-27(15-28,16-28)18-34)11-20(12-31-25)19-1-3-21(4-2-19)29-8-5-22(29)13-33(17-29)23-6-9-36-10-7-23/h1-4,11-12,22-23,34H,5-10,13-18H2,(H2,30,31)(H,32,35)/t22-,27?,28?,29+/m1/s1. The number of amides is 1. The molecule has 4 N–H and O–H groups in total. The summed E-state index contributed by atoms with van der Waals surface area (Å²) in [6.45, 7) is 4.37. The van der Waals surface area contributed by atoms with Gasteiger partial charge in [-0.2, -0.15) is 0 Å². The first-order valence-corrected chi connectivity index (χ1v) is 13.5. The zero-order valence-corrected chi connectivity index (χ0v) is 20.8. The average Bonchev–Trinajstić information content (AvgIpc) is 3.12. The van der Waals surface area contributed by atoms with Gasteiger partial charge in [0, 0.05) is 67.1 Å². The van der Waals surface area contributed by atoms with Gasteiger partial charge in [-0.05, 0) is 68.1 Å². The Morgan fingerprint density at radius 1 is 1.14 bits per heavy atom. The van der Waals surface area contributed by atoms with Gasteiger partial charge >= 0.3 is 0 Å². The molecule has 1 amide bonds. The molecule has 1 aromatic carbocycles.